The van der Waals surface area contributed by atoms with Gasteiger partial charge in [0, 0.05) is 16.0 Å². The van der Waals surface area contributed by atoms with E-state index in [9.17, 15) is 4.79 Å². The van der Waals surface area contributed by atoms with Gasteiger partial charge in [0.05, 0.1) is 12.3 Å². The summed E-state index contributed by atoms with van der Waals surface area (Å²) in [5.41, 5.74) is 0.924. The average molecular weight is 310 g/mol. The van der Waals surface area contributed by atoms with E-state index in [0.29, 0.717) is 11.6 Å². The van der Waals surface area contributed by atoms with Crippen LogP contribution in [0.2, 0.25) is 5.02 Å². The minimum absolute atomic E-state index is 0.261. The number of ether oxygens (including phenoxy) is 1. The first kappa shape index (κ1) is 15.0. The molecule has 2 aromatic rings. The van der Waals surface area contributed by atoms with Gasteiger partial charge in [0.15, 0.2) is 0 Å². The zero-order valence-electron chi connectivity index (χ0n) is 11.6. The summed E-state index contributed by atoms with van der Waals surface area (Å²) in [5.74, 6) is -0.261. The Morgan fingerprint density at radius 2 is 2.20 bits per heavy atom. The highest BCUT2D eigenvalue weighted by molar-refractivity contribution is 7.13. The van der Waals surface area contributed by atoms with E-state index in [4.69, 9.17) is 16.3 Å². The lowest BCUT2D eigenvalue weighted by molar-refractivity contribution is -0.148. The number of thiazole rings is 1. The fraction of sp³-hybridized carbons (Fsp3) is 0.333. The second kappa shape index (κ2) is 5.94. The van der Waals surface area contributed by atoms with Crippen molar-refractivity contribution in [1.29, 1.82) is 0 Å². The second-order valence-corrected chi connectivity index (χ2v) is 6.19. The third-order valence-electron chi connectivity index (χ3n) is 3.00. The number of carbonyl (C=O) groups excluding carboxylic acids is 1. The third kappa shape index (κ3) is 3.02. The zero-order valence-corrected chi connectivity index (χ0v) is 13.2. The minimum atomic E-state index is -0.747. The van der Waals surface area contributed by atoms with Gasteiger partial charge in [-0.15, -0.1) is 11.3 Å². The van der Waals surface area contributed by atoms with Gasteiger partial charge in [0.1, 0.15) is 10.4 Å². The summed E-state index contributed by atoms with van der Waals surface area (Å²) in [7, 11) is 0. The molecule has 0 saturated carbocycles. The molecule has 0 aliphatic carbocycles. The van der Waals surface area contributed by atoms with Gasteiger partial charge >= 0.3 is 5.97 Å². The number of hydrogen-bond donors (Lipinski definition) is 0. The van der Waals surface area contributed by atoms with Crippen LogP contribution in [0.5, 0.6) is 0 Å². The van der Waals surface area contributed by atoms with Crippen LogP contribution >= 0.6 is 22.9 Å². The van der Waals surface area contributed by atoms with Crippen molar-refractivity contribution in [2.75, 3.05) is 6.61 Å². The van der Waals surface area contributed by atoms with Crippen LogP contribution in [0.3, 0.4) is 0 Å². The number of hydrogen-bond acceptors (Lipinski definition) is 4. The molecule has 0 unspecified atom stereocenters. The lowest BCUT2D eigenvalue weighted by atomic mass is 9.90. The van der Waals surface area contributed by atoms with E-state index in [1.54, 1.807) is 6.92 Å². The second-order valence-electron chi connectivity index (χ2n) is 4.89. The van der Waals surface area contributed by atoms with Gasteiger partial charge in [-0.3, -0.25) is 4.79 Å². The van der Waals surface area contributed by atoms with Crippen molar-refractivity contribution in [3.8, 4) is 10.6 Å². The summed E-state index contributed by atoms with van der Waals surface area (Å²) in [4.78, 5) is 16.5. The van der Waals surface area contributed by atoms with Crippen molar-refractivity contribution < 1.29 is 9.53 Å². The fourth-order valence-corrected chi connectivity index (χ4v) is 2.91. The van der Waals surface area contributed by atoms with Crippen LogP contribution in [0, 0.1) is 0 Å². The van der Waals surface area contributed by atoms with Crippen molar-refractivity contribution in [1.82, 2.24) is 4.98 Å². The van der Waals surface area contributed by atoms with E-state index in [2.05, 4.69) is 4.98 Å². The molecule has 0 amide bonds. The van der Waals surface area contributed by atoms with Gasteiger partial charge in [-0.1, -0.05) is 23.7 Å². The Kier molecular flexibility index (Phi) is 4.45. The molecule has 0 fully saturated rings. The van der Waals surface area contributed by atoms with Crippen LogP contribution in [0.15, 0.2) is 29.6 Å². The SMILES string of the molecule is CCOC(=O)C(C)(C)c1csc(-c2cccc(Cl)c2)n1. The number of halogens is 1. The first-order chi connectivity index (χ1) is 9.45. The first-order valence-electron chi connectivity index (χ1n) is 6.34. The van der Waals surface area contributed by atoms with Gasteiger partial charge in [-0.2, -0.15) is 0 Å². The average Bonchev–Trinajstić information content (AvgIpc) is 2.89. The van der Waals surface area contributed by atoms with E-state index in [-0.39, 0.29) is 5.97 Å². The quantitative estimate of drug-likeness (QED) is 0.790. The molecule has 0 N–H and O–H groups in total. The van der Waals surface area contributed by atoms with Crippen LogP contribution in [0.25, 0.3) is 10.6 Å². The smallest absolute Gasteiger partial charge is 0.317 e. The van der Waals surface area contributed by atoms with E-state index in [1.165, 1.54) is 11.3 Å². The van der Waals surface area contributed by atoms with Gasteiger partial charge < -0.3 is 4.74 Å². The summed E-state index contributed by atoms with van der Waals surface area (Å²) in [5, 5.41) is 3.41. The predicted octanol–water partition coefficient (Wildman–Crippen LogP) is 4.30. The van der Waals surface area contributed by atoms with Crippen LogP contribution in [-0.2, 0) is 14.9 Å². The van der Waals surface area contributed by atoms with Crippen molar-refractivity contribution >= 4 is 28.9 Å². The van der Waals surface area contributed by atoms with E-state index >= 15 is 0 Å². The van der Waals surface area contributed by atoms with Gasteiger partial charge in [-0.05, 0) is 32.9 Å². The molecule has 106 valence electrons. The standard InChI is InChI=1S/C15H16ClNO2S/c1-4-19-14(18)15(2,3)12-9-20-13(17-12)10-6-5-7-11(16)8-10/h5-9H,4H2,1-3H3. The molecule has 1 aromatic heterocycles. The highest BCUT2D eigenvalue weighted by Gasteiger charge is 2.33. The molecule has 0 radical (unpaired) electrons. The van der Waals surface area contributed by atoms with Crippen molar-refractivity contribution in [2.45, 2.75) is 26.2 Å². The van der Waals surface area contributed by atoms with Gasteiger partial charge in [0.2, 0.25) is 0 Å². The Labute approximate surface area is 127 Å². The molecule has 2 rings (SSSR count). The number of aromatic nitrogens is 1. The van der Waals surface area contributed by atoms with Crippen LogP contribution < -0.4 is 0 Å². The molecule has 0 aliphatic rings. The lowest BCUT2D eigenvalue weighted by Gasteiger charge is -2.19. The fourth-order valence-electron chi connectivity index (χ4n) is 1.73. The Morgan fingerprint density at radius 1 is 1.45 bits per heavy atom. The topological polar surface area (TPSA) is 39.2 Å². The molecular weight excluding hydrogens is 294 g/mol. The summed E-state index contributed by atoms with van der Waals surface area (Å²) < 4.78 is 5.10. The maximum Gasteiger partial charge on any atom is 0.317 e. The Balaban J connectivity index is 2.31. The highest BCUT2D eigenvalue weighted by atomic mass is 35.5. The first-order valence-corrected chi connectivity index (χ1v) is 7.60. The number of esters is 1. The molecule has 1 heterocycles. The predicted molar refractivity (Wildman–Crippen MR) is 82.2 cm³/mol. The molecule has 20 heavy (non-hydrogen) atoms. The van der Waals surface area contributed by atoms with Crippen LogP contribution in [0.1, 0.15) is 26.5 Å². The monoisotopic (exact) mass is 309 g/mol. The van der Waals surface area contributed by atoms with E-state index in [1.807, 2.05) is 43.5 Å². The molecule has 0 atom stereocenters. The third-order valence-corrected chi connectivity index (χ3v) is 4.13. The molecule has 3 nitrogen and oxygen atoms in total. The summed E-state index contributed by atoms with van der Waals surface area (Å²) in [6, 6.07) is 7.52. The van der Waals surface area contributed by atoms with E-state index < -0.39 is 5.41 Å². The number of benzene rings is 1. The molecule has 0 spiro atoms. The lowest BCUT2D eigenvalue weighted by Crippen LogP contribution is -2.31. The molecule has 1 aromatic carbocycles. The zero-order chi connectivity index (χ0) is 14.8. The molecule has 0 bridgehead atoms. The molecule has 0 aliphatic heterocycles. The van der Waals surface area contributed by atoms with Gasteiger partial charge in [-0.25, -0.2) is 4.98 Å². The highest BCUT2D eigenvalue weighted by Crippen LogP contribution is 2.31. The molecular formula is C15H16ClNO2S. The van der Waals surface area contributed by atoms with Crippen LogP contribution in [0.4, 0.5) is 0 Å². The molecule has 5 heteroatoms. The normalized spacial score (nSPS) is 11.4. The maximum absolute atomic E-state index is 12.0. The van der Waals surface area contributed by atoms with E-state index in [0.717, 1.165) is 16.3 Å². The van der Waals surface area contributed by atoms with Crippen LogP contribution in [-0.4, -0.2) is 17.6 Å². The largest absolute Gasteiger partial charge is 0.465 e. The number of rotatable bonds is 4. The maximum atomic E-state index is 12.0. The molecule has 0 saturated heterocycles. The Hall–Kier alpha value is -1.39. The number of nitrogens with zero attached hydrogens (tertiary/aromatic N) is 1. The Bertz CT molecular complexity index is 622. The van der Waals surface area contributed by atoms with Gasteiger partial charge in [0.25, 0.3) is 0 Å². The summed E-state index contributed by atoms with van der Waals surface area (Å²) in [6.07, 6.45) is 0. The van der Waals surface area contributed by atoms with Crippen molar-refractivity contribution in [3.63, 3.8) is 0 Å². The van der Waals surface area contributed by atoms with Crippen molar-refractivity contribution in [3.05, 3.63) is 40.4 Å². The summed E-state index contributed by atoms with van der Waals surface area (Å²) in [6.45, 7) is 5.81. The number of carbonyl (C=O) groups is 1. The Morgan fingerprint density at radius 3 is 2.85 bits per heavy atom. The minimum Gasteiger partial charge on any atom is -0.465 e. The summed E-state index contributed by atoms with van der Waals surface area (Å²) >= 11 is 7.48. The van der Waals surface area contributed by atoms with Crippen molar-refractivity contribution in [2.24, 2.45) is 0 Å².